The molecule has 2 aromatic rings. The highest BCUT2D eigenvalue weighted by Crippen LogP contribution is 2.23. The fourth-order valence-corrected chi connectivity index (χ4v) is 3.74. The number of pyridine rings is 1. The minimum atomic E-state index is -0.152. The van der Waals surface area contributed by atoms with Crippen LogP contribution in [0.3, 0.4) is 0 Å². The van der Waals surface area contributed by atoms with Gasteiger partial charge in [0.25, 0.3) is 0 Å². The highest BCUT2D eigenvalue weighted by atomic mass is 32.2. The van der Waals surface area contributed by atoms with E-state index in [4.69, 9.17) is 0 Å². The van der Waals surface area contributed by atoms with Crippen molar-refractivity contribution < 1.29 is 4.79 Å². The minimum Gasteiger partial charge on any atom is -0.355 e. The first-order chi connectivity index (χ1) is 11.2. The fraction of sp³-hybridized carbons (Fsp3) is 0.444. The minimum absolute atomic E-state index is 0.0825. The van der Waals surface area contributed by atoms with Gasteiger partial charge in [-0.25, -0.2) is 4.98 Å². The van der Waals surface area contributed by atoms with E-state index >= 15 is 0 Å². The molecule has 0 bridgehead atoms. The largest absolute Gasteiger partial charge is 0.355 e. The lowest BCUT2D eigenvalue weighted by molar-refractivity contribution is -0.120. The quantitative estimate of drug-likeness (QED) is 0.647. The number of aromatic nitrogens is 2. The van der Waals surface area contributed by atoms with Crippen molar-refractivity contribution in [2.24, 2.45) is 0 Å². The van der Waals surface area contributed by atoms with E-state index < -0.39 is 0 Å². The molecule has 5 heteroatoms. The SMILES string of the molecule is CC(Sc1ncc2ccccn12)C(=O)NCCC1=CCCCC1. The molecule has 1 N–H and O–H groups in total. The lowest BCUT2D eigenvalue weighted by atomic mass is 9.97. The summed E-state index contributed by atoms with van der Waals surface area (Å²) in [4.78, 5) is 16.7. The van der Waals surface area contributed by atoms with E-state index in [1.54, 1.807) is 0 Å². The van der Waals surface area contributed by atoms with Gasteiger partial charge in [0, 0.05) is 12.7 Å². The van der Waals surface area contributed by atoms with E-state index in [0.29, 0.717) is 0 Å². The monoisotopic (exact) mass is 329 g/mol. The molecular formula is C18H23N3OS. The molecule has 3 rings (SSSR count). The number of hydrogen-bond acceptors (Lipinski definition) is 3. The third-order valence-corrected chi connectivity index (χ3v) is 5.27. The summed E-state index contributed by atoms with van der Waals surface area (Å²) in [6, 6.07) is 5.97. The summed E-state index contributed by atoms with van der Waals surface area (Å²) < 4.78 is 2.02. The Kier molecular flexibility index (Phi) is 5.39. The summed E-state index contributed by atoms with van der Waals surface area (Å²) in [6.07, 6.45) is 12.1. The molecule has 0 saturated heterocycles. The average molecular weight is 329 g/mol. The molecule has 23 heavy (non-hydrogen) atoms. The third kappa shape index (κ3) is 4.16. The summed E-state index contributed by atoms with van der Waals surface area (Å²) in [5.74, 6) is 0.0825. The van der Waals surface area contributed by atoms with Crippen LogP contribution < -0.4 is 5.32 Å². The Morgan fingerprint density at radius 3 is 3.17 bits per heavy atom. The van der Waals surface area contributed by atoms with E-state index in [-0.39, 0.29) is 11.2 Å². The Morgan fingerprint density at radius 1 is 1.43 bits per heavy atom. The molecule has 2 aromatic heterocycles. The van der Waals surface area contributed by atoms with Gasteiger partial charge < -0.3 is 5.32 Å². The summed E-state index contributed by atoms with van der Waals surface area (Å²) in [6.45, 7) is 2.67. The molecule has 1 unspecified atom stereocenters. The average Bonchev–Trinajstić information content (AvgIpc) is 2.99. The second kappa shape index (κ2) is 7.68. The Hall–Kier alpha value is -1.75. The molecule has 2 heterocycles. The normalized spacial score (nSPS) is 16.1. The van der Waals surface area contributed by atoms with Crippen molar-refractivity contribution in [1.29, 1.82) is 0 Å². The predicted molar refractivity (Wildman–Crippen MR) is 94.7 cm³/mol. The van der Waals surface area contributed by atoms with Crippen LogP contribution in [-0.2, 0) is 4.79 Å². The summed E-state index contributed by atoms with van der Waals surface area (Å²) in [7, 11) is 0. The summed E-state index contributed by atoms with van der Waals surface area (Å²) >= 11 is 1.50. The molecule has 1 aliphatic carbocycles. The number of nitrogens with one attached hydrogen (secondary N) is 1. The van der Waals surface area contributed by atoms with Crippen molar-refractivity contribution in [3.8, 4) is 0 Å². The zero-order valence-electron chi connectivity index (χ0n) is 13.5. The molecule has 1 amide bonds. The number of hydrogen-bond donors (Lipinski definition) is 1. The first-order valence-corrected chi connectivity index (χ1v) is 9.16. The smallest absolute Gasteiger partial charge is 0.233 e. The van der Waals surface area contributed by atoms with Gasteiger partial charge >= 0.3 is 0 Å². The van der Waals surface area contributed by atoms with E-state index in [9.17, 15) is 4.79 Å². The van der Waals surface area contributed by atoms with Gasteiger partial charge in [-0.15, -0.1) is 0 Å². The molecule has 0 spiro atoms. The Labute approximate surface area is 141 Å². The standard InChI is InChI=1S/C18H23N3OS/c1-14(17(22)19-11-10-15-7-3-2-4-8-15)23-18-20-13-16-9-5-6-12-21(16)18/h5-7,9,12-14H,2-4,8,10-11H2,1H3,(H,19,22). The number of amides is 1. The first kappa shape index (κ1) is 16.1. The number of carbonyl (C=O) groups is 1. The highest BCUT2D eigenvalue weighted by molar-refractivity contribution is 8.00. The molecule has 1 aliphatic rings. The predicted octanol–water partition coefficient (Wildman–Crippen LogP) is 3.82. The Morgan fingerprint density at radius 2 is 2.35 bits per heavy atom. The number of allylic oxidation sites excluding steroid dienone is 1. The molecule has 0 saturated carbocycles. The molecule has 0 aromatic carbocycles. The number of rotatable bonds is 6. The summed E-state index contributed by atoms with van der Waals surface area (Å²) in [5.41, 5.74) is 2.54. The van der Waals surface area contributed by atoms with Gasteiger partial charge in [0.15, 0.2) is 5.16 Å². The van der Waals surface area contributed by atoms with Crippen LogP contribution in [0.4, 0.5) is 0 Å². The van der Waals surface area contributed by atoms with Crippen molar-refractivity contribution in [3.63, 3.8) is 0 Å². The summed E-state index contributed by atoms with van der Waals surface area (Å²) in [5, 5.41) is 3.76. The lowest BCUT2D eigenvalue weighted by Crippen LogP contribution is -2.32. The van der Waals surface area contributed by atoms with Crippen LogP contribution in [0.5, 0.6) is 0 Å². The maximum absolute atomic E-state index is 12.3. The Balaban J connectivity index is 1.50. The van der Waals surface area contributed by atoms with Crippen LogP contribution in [0.1, 0.15) is 39.0 Å². The van der Waals surface area contributed by atoms with Crippen LogP contribution >= 0.6 is 11.8 Å². The van der Waals surface area contributed by atoms with E-state index in [1.807, 2.05) is 41.9 Å². The molecule has 0 fully saturated rings. The van der Waals surface area contributed by atoms with Crippen LogP contribution in [-0.4, -0.2) is 27.1 Å². The van der Waals surface area contributed by atoms with E-state index in [2.05, 4.69) is 16.4 Å². The number of fused-ring (bicyclic) bond motifs is 1. The molecule has 0 aliphatic heterocycles. The van der Waals surface area contributed by atoms with Crippen molar-refractivity contribution in [1.82, 2.24) is 14.7 Å². The van der Waals surface area contributed by atoms with Crippen molar-refractivity contribution >= 4 is 23.2 Å². The van der Waals surface area contributed by atoms with Gasteiger partial charge in [-0.2, -0.15) is 0 Å². The number of nitrogens with zero attached hydrogens (tertiary/aromatic N) is 2. The molecule has 0 radical (unpaired) electrons. The van der Waals surface area contributed by atoms with Crippen molar-refractivity contribution in [3.05, 3.63) is 42.2 Å². The molecule has 4 nitrogen and oxygen atoms in total. The highest BCUT2D eigenvalue weighted by Gasteiger charge is 2.17. The van der Waals surface area contributed by atoms with Crippen LogP contribution in [0.2, 0.25) is 0 Å². The molecule has 122 valence electrons. The van der Waals surface area contributed by atoms with Gasteiger partial charge in [0.2, 0.25) is 5.91 Å². The zero-order chi connectivity index (χ0) is 16.1. The second-order valence-electron chi connectivity index (χ2n) is 5.95. The first-order valence-electron chi connectivity index (χ1n) is 8.28. The number of imidazole rings is 1. The fourth-order valence-electron chi connectivity index (χ4n) is 2.84. The maximum Gasteiger partial charge on any atom is 0.233 e. The lowest BCUT2D eigenvalue weighted by Gasteiger charge is -2.14. The topological polar surface area (TPSA) is 46.4 Å². The van der Waals surface area contributed by atoms with Crippen molar-refractivity contribution in [2.45, 2.75) is 49.4 Å². The maximum atomic E-state index is 12.3. The van der Waals surface area contributed by atoms with E-state index in [1.165, 1.54) is 43.0 Å². The van der Waals surface area contributed by atoms with Gasteiger partial charge in [-0.1, -0.05) is 29.5 Å². The zero-order valence-corrected chi connectivity index (χ0v) is 14.3. The second-order valence-corrected chi connectivity index (χ2v) is 7.25. The Bertz CT molecular complexity index is 707. The molecule has 1 atom stereocenters. The van der Waals surface area contributed by atoms with E-state index in [0.717, 1.165) is 23.6 Å². The van der Waals surface area contributed by atoms with Crippen LogP contribution in [0, 0.1) is 0 Å². The molecular weight excluding hydrogens is 306 g/mol. The van der Waals surface area contributed by atoms with Crippen LogP contribution in [0.15, 0.2) is 47.4 Å². The number of thioether (sulfide) groups is 1. The van der Waals surface area contributed by atoms with Gasteiger partial charge in [0.1, 0.15) is 0 Å². The third-order valence-electron chi connectivity index (χ3n) is 4.19. The van der Waals surface area contributed by atoms with Crippen LogP contribution in [0.25, 0.3) is 5.52 Å². The van der Waals surface area contributed by atoms with Gasteiger partial charge in [-0.05, 0) is 51.2 Å². The van der Waals surface area contributed by atoms with Gasteiger partial charge in [-0.3, -0.25) is 9.20 Å². The van der Waals surface area contributed by atoms with Gasteiger partial charge in [0.05, 0.1) is 17.0 Å². The number of carbonyl (C=O) groups excluding carboxylic acids is 1. The van der Waals surface area contributed by atoms with Crippen molar-refractivity contribution in [2.75, 3.05) is 6.54 Å².